The summed E-state index contributed by atoms with van der Waals surface area (Å²) in [5.74, 6) is -0.979. The van der Waals surface area contributed by atoms with Crippen molar-refractivity contribution in [1.82, 2.24) is 9.88 Å². The third kappa shape index (κ3) is 7.91. The van der Waals surface area contributed by atoms with Crippen LogP contribution in [0.4, 0.5) is 30.4 Å². The monoisotopic (exact) mass is 499 g/mol. The zero-order valence-corrected chi connectivity index (χ0v) is 19.5. The van der Waals surface area contributed by atoms with E-state index in [1.165, 1.54) is 35.2 Å². The number of hydrogen-bond donors (Lipinski definition) is 3. The molecular formula is C25H24F3N5O3. The Kier molecular flexibility index (Phi) is 8.38. The first kappa shape index (κ1) is 26.4. The van der Waals surface area contributed by atoms with Gasteiger partial charge in [0.05, 0.1) is 18.7 Å². The number of benzene rings is 2. The smallest absolute Gasteiger partial charge is 0.325 e. The number of amides is 3. The maximum absolute atomic E-state index is 12.9. The Labute approximate surface area is 205 Å². The van der Waals surface area contributed by atoms with Crippen LogP contribution in [0.15, 0.2) is 66.9 Å². The minimum atomic E-state index is -4.53. The fourth-order valence-electron chi connectivity index (χ4n) is 3.25. The molecule has 0 aliphatic carbocycles. The van der Waals surface area contributed by atoms with Crippen molar-refractivity contribution >= 4 is 34.9 Å². The van der Waals surface area contributed by atoms with Crippen LogP contribution in [-0.4, -0.2) is 47.7 Å². The van der Waals surface area contributed by atoms with Crippen LogP contribution in [-0.2, 0) is 15.8 Å². The maximum atomic E-state index is 12.9. The summed E-state index contributed by atoms with van der Waals surface area (Å²) in [6.07, 6.45) is -2.95. The van der Waals surface area contributed by atoms with Crippen LogP contribution in [0.2, 0.25) is 0 Å². The van der Waals surface area contributed by atoms with Crippen LogP contribution in [0, 0.1) is 6.92 Å². The number of rotatable bonds is 8. The molecule has 0 atom stereocenters. The van der Waals surface area contributed by atoms with Crippen molar-refractivity contribution in [3.63, 3.8) is 0 Å². The number of pyridine rings is 1. The number of carbonyl (C=O) groups is 3. The van der Waals surface area contributed by atoms with E-state index < -0.39 is 23.6 Å². The lowest BCUT2D eigenvalue weighted by molar-refractivity contribution is -0.137. The highest BCUT2D eigenvalue weighted by atomic mass is 19.4. The third-order valence-corrected chi connectivity index (χ3v) is 4.87. The van der Waals surface area contributed by atoms with Gasteiger partial charge in [0.15, 0.2) is 0 Å². The molecule has 3 amide bonds. The Morgan fingerprint density at radius 1 is 0.861 bits per heavy atom. The molecular weight excluding hydrogens is 475 g/mol. The predicted octanol–water partition coefficient (Wildman–Crippen LogP) is 4.17. The number of nitrogens with one attached hydrogen (secondary N) is 3. The highest BCUT2D eigenvalue weighted by Gasteiger charge is 2.30. The van der Waals surface area contributed by atoms with Crippen LogP contribution in [0.5, 0.6) is 0 Å². The van der Waals surface area contributed by atoms with Gasteiger partial charge in [-0.05, 0) is 68.1 Å². The molecule has 0 bridgehead atoms. The standard InChI is InChI=1S/C25H24F3N5O3/c1-16-9-10-29-21(11-16)32-23(35)15-33(2)14-22(34)30-19-7-3-5-17(12-19)24(36)31-20-8-4-6-18(13-20)25(26,27)28/h3-13H,14-15H2,1-2H3,(H,30,34)(H,31,36)(H,29,32,35). The van der Waals surface area contributed by atoms with Gasteiger partial charge in [-0.2, -0.15) is 13.2 Å². The molecule has 0 unspecified atom stereocenters. The number of aryl methyl sites for hydroxylation is 1. The average molecular weight is 499 g/mol. The van der Waals surface area contributed by atoms with Gasteiger partial charge in [-0.3, -0.25) is 19.3 Å². The summed E-state index contributed by atoms with van der Waals surface area (Å²) < 4.78 is 38.7. The summed E-state index contributed by atoms with van der Waals surface area (Å²) in [7, 11) is 1.60. The normalized spacial score (nSPS) is 11.2. The molecule has 0 saturated heterocycles. The van der Waals surface area contributed by atoms with Crippen molar-refractivity contribution in [2.45, 2.75) is 13.1 Å². The highest BCUT2D eigenvalue weighted by Crippen LogP contribution is 2.30. The van der Waals surface area contributed by atoms with Gasteiger partial charge in [-0.1, -0.05) is 12.1 Å². The lowest BCUT2D eigenvalue weighted by Crippen LogP contribution is -2.36. The molecule has 0 aliphatic heterocycles. The van der Waals surface area contributed by atoms with Gasteiger partial charge >= 0.3 is 6.18 Å². The zero-order valence-electron chi connectivity index (χ0n) is 19.5. The van der Waals surface area contributed by atoms with Crippen molar-refractivity contribution in [1.29, 1.82) is 0 Å². The number of likely N-dealkylation sites (N-methyl/N-ethyl adjacent to an activating group) is 1. The lowest BCUT2D eigenvalue weighted by Gasteiger charge is -2.16. The van der Waals surface area contributed by atoms with Gasteiger partial charge in [0.2, 0.25) is 11.8 Å². The topological polar surface area (TPSA) is 103 Å². The van der Waals surface area contributed by atoms with Crippen LogP contribution in [0.25, 0.3) is 0 Å². The summed E-state index contributed by atoms with van der Waals surface area (Å²) in [6.45, 7) is 1.72. The van der Waals surface area contributed by atoms with Crippen molar-refractivity contribution in [2.24, 2.45) is 0 Å². The second kappa shape index (κ2) is 11.5. The molecule has 1 aromatic heterocycles. The van der Waals surface area contributed by atoms with E-state index in [0.29, 0.717) is 11.5 Å². The third-order valence-electron chi connectivity index (χ3n) is 4.87. The summed E-state index contributed by atoms with van der Waals surface area (Å²) in [4.78, 5) is 42.7. The Bertz CT molecular complexity index is 1260. The molecule has 0 spiro atoms. The van der Waals surface area contributed by atoms with E-state index in [2.05, 4.69) is 20.9 Å². The van der Waals surface area contributed by atoms with E-state index in [4.69, 9.17) is 0 Å². The van der Waals surface area contributed by atoms with Gasteiger partial charge in [0.25, 0.3) is 5.91 Å². The van der Waals surface area contributed by atoms with Crippen LogP contribution >= 0.6 is 0 Å². The van der Waals surface area contributed by atoms with E-state index in [0.717, 1.165) is 17.7 Å². The molecule has 3 rings (SSSR count). The van der Waals surface area contributed by atoms with Crippen LogP contribution in [0.1, 0.15) is 21.5 Å². The highest BCUT2D eigenvalue weighted by molar-refractivity contribution is 6.05. The van der Waals surface area contributed by atoms with Crippen LogP contribution in [0.3, 0.4) is 0 Å². The lowest BCUT2D eigenvalue weighted by atomic mass is 10.1. The second-order valence-corrected chi connectivity index (χ2v) is 8.10. The SMILES string of the molecule is Cc1ccnc(NC(=O)CN(C)CC(=O)Nc2cccc(C(=O)Nc3cccc(C(F)(F)F)c3)c2)c1. The Morgan fingerprint density at radius 3 is 2.17 bits per heavy atom. The van der Waals surface area contributed by atoms with Gasteiger partial charge in [-0.25, -0.2) is 4.98 Å². The minimum absolute atomic E-state index is 0.00923. The summed E-state index contributed by atoms with van der Waals surface area (Å²) >= 11 is 0. The van der Waals surface area contributed by atoms with E-state index in [1.54, 1.807) is 31.4 Å². The first-order valence-electron chi connectivity index (χ1n) is 10.8. The van der Waals surface area contributed by atoms with E-state index in [1.807, 2.05) is 6.92 Å². The van der Waals surface area contributed by atoms with E-state index in [-0.39, 0.29) is 30.2 Å². The molecule has 0 aliphatic rings. The fraction of sp³-hybridized carbons (Fsp3) is 0.200. The molecule has 36 heavy (non-hydrogen) atoms. The Balaban J connectivity index is 1.54. The van der Waals surface area contributed by atoms with Crippen molar-refractivity contribution in [3.8, 4) is 0 Å². The molecule has 3 aromatic rings. The fourth-order valence-corrected chi connectivity index (χ4v) is 3.25. The number of carbonyl (C=O) groups excluding carboxylic acids is 3. The molecule has 11 heteroatoms. The van der Waals surface area contributed by atoms with Crippen molar-refractivity contribution in [3.05, 3.63) is 83.6 Å². The molecule has 0 saturated carbocycles. The van der Waals surface area contributed by atoms with Crippen LogP contribution < -0.4 is 16.0 Å². The largest absolute Gasteiger partial charge is 0.416 e. The number of hydrogen-bond acceptors (Lipinski definition) is 5. The first-order valence-corrected chi connectivity index (χ1v) is 10.8. The summed E-state index contributed by atoms with van der Waals surface area (Å²) in [5.41, 5.74) is 0.514. The Hall–Kier alpha value is -4.25. The second-order valence-electron chi connectivity index (χ2n) is 8.10. The first-order chi connectivity index (χ1) is 17.0. The van der Waals surface area contributed by atoms with Crippen molar-refractivity contribution < 1.29 is 27.6 Å². The average Bonchev–Trinajstić information content (AvgIpc) is 2.78. The van der Waals surface area contributed by atoms with Crippen molar-refractivity contribution in [2.75, 3.05) is 36.1 Å². The molecule has 0 fully saturated rings. The van der Waals surface area contributed by atoms with Gasteiger partial charge in [0.1, 0.15) is 5.82 Å². The number of anilines is 3. The number of nitrogens with zero attached hydrogens (tertiary/aromatic N) is 2. The number of alkyl halides is 3. The van der Waals surface area contributed by atoms with Gasteiger partial charge < -0.3 is 16.0 Å². The molecule has 1 heterocycles. The number of aromatic nitrogens is 1. The number of halogens is 3. The van der Waals surface area contributed by atoms with Gasteiger partial charge in [0, 0.05) is 23.1 Å². The summed E-state index contributed by atoms with van der Waals surface area (Å²) in [6, 6.07) is 13.8. The molecule has 3 N–H and O–H groups in total. The zero-order chi connectivity index (χ0) is 26.3. The predicted molar refractivity (Wildman–Crippen MR) is 130 cm³/mol. The summed E-state index contributed by atoms with van der Waals surface area (Å²) in [5, 5.41) is 7.71. The maximum Gasteiger partial charge on any atom is 0.416 e. The Morgan fingerprint density at radius 2 is 1.50 bits per heavy atom. The van der Waals surface area contributed by atoms with E-state index >= 15 is 0 Å². The molecule has 188 valence electrons. The van der Waals surface area contributed by atoms with Gasteiger partial charge in [-0.15, -0.1) is 0 Å². The molecule has 8 nitrogen and oxygen atoms in total. The minimum Gasteiger partial charge on any atom is -0.325 e. The molecule has 0 radical (unpaired) electrons. The quantitative estimate of drug-likeness (QED) is 0.432. The van der Waals surface area contributed by atoms with E-state index in [9.17, 15) is 27.6 Å². The molecule has 2 aromatic carbocycles.